The first-order chi connectivity index (χ1) is 12.8. The van der Waals surface area contributed by atoms with Crippen molar-refractivity contribution in [1.29, 1.82) is 0 Å². The number of rotatable bonds is 4. The lowest BCUT2D eigenvalue weighted by molar-refractivity contribution is 0.0735. The number of methoxy groups -OCH3 is 1. The van der Waals surface area contributed by atoms with Gasteiger partial charge >= 0.3 is 0 Å². The maximum atomic E-state index is 13.1. The molecule has 1 aromatic carbocycles. The lowest BCUT2D eigenvalue weighted by Gasteiger charge is -2.25. The Morgan fingerprint density at radius 1 is 1.23 bits per heavy atom. The van der Waals surface area contributed by atoms with Crippen LogP contribution in [0.25, 0.3) is 5.82 Å². The number of carbonyl (C=O) groups is 1. The molecule has 26 heavy (non-hydrogen) atoms. The molecule has 3 aromatic rings. The molecule has 0 radical (unpaired) electrons. The van der Waals surface area contributed by atoms with Crippen molar-refractivity contribution in [3.63, 3.8) is 0 Å². The second-order valence-corrected chi connectivity index (χ2v) is 6.17. The predicted molar refractivity (Wildman–Crippen MR) is 95.2 cm³/mol. The normalized spacial score (nSPS) is 16.7. The first kappa shape index (κ1) is 16.3. The molecule has 1 saturated heterocycles. The van der Waals surface area contributed by atoms with Crippen LogP contribution in [0.4, 0.5) is 0 Å². The molecule has 4 rings (SSSR count). The summed E-state index contributed by atoms with van der Waals surface area (Å²) in [6.45, 7) is 0.747. The van der Waals surface area contributed by atoms with E-state index >= 15 is 0 Å². The van der Waals surface area contributed by atoms with Crippen LogP contribution in [-0.4, -0.2) is 44.2 Å². The van der Waals surface area contributed by atoms with E-state index in [2.05, 4.69) is 15.1 Å². The minimum atomic E-state index is 0.00656. The van der Waals surface area contributed by atoms with Gasteiger partial charge in [-0.25, -0.2) is 14.6 Å². The predicted octanol–water partition coefficient (Wildman–Crippen LogP) is 2.65. The Bertz CT molecular complexity index is 893. The Morgan fingerprint density at radius 3 is 2.81 bits per heavy atom. The van der Waals surface area contributed by atoms with Gasteiger partial charge in [-0.05, 0) is 42.7 Å². The molecule has 7 nitrogen and oxygen atoms in total. The topological polar surface area (TPSA) is 73.1 Å². The van der Waals surface area contributed by atoms with Crippen LogP contribution < -0.4 is 4.74 Å². The Morgan fingerprint density at radius 2 is 2.08 bits per heavy atom. The second kappa shape index (κ2) is 6.95. The number of aromatic nitrogens is 4. The molecular weight excluding hydrogens is 330 g/mol. The zero-order valence-electron chi connectivity index (χ0n) is 14.4. The van der Waals surface area contributed by atoms with Gasteiger partial charge in [0.15, 0.2) is 5.82 Å². The van der Waals surface area contributed by atoms with Crippen molar-refractivity contribution in [3.05, 3.63) is 66.4 Å². The average molecular weight is 349 g/mol. The standard InChI is InChI=1S/C19H19N5O2/c1-26-16-6-4-14(5-7-16)17-3-2-10-23(17)19(25)15-8-9-21-18(11-15)24-13-20-12-22-24/h4-9,11-13,17H,2-3,10H2,1H3/t17-/m0/s1. The fraction of sp³-hybridized carbons (Fsp3) is 0.263. The molecular formula is C19H19N5O2. The van der Waals surface area contributed by atoms with Gasteiger partial charge in [0.05, 0.1) is 13.2 Å². The highest BCUT2D eigenvalue weighted by molar-refractivity contribution is 5.95. The first-order valence-electron chi connectivity index (χ1n) is 8.52. The van der Waals surface area contributed by atoms with Crippen LogP contribution >= 0.6 is 0 Å². The van der Waals surface area contributed by atoms with E-state index < -0.39 is 0 Å². The van der Waals surface area contributed by atoms with Crippen LogP contribution in [0.3, 0.4) is 0 Å². The summed E-state index contributed by atoms with van der Waals surface area (Å²) in [6, 6.07) is 11.5. The number of carbonyl (C=O) groups excluding carboxylic acids is 1. The van der Waals surface area contributed by atoms with Crippen LogP contribution in [0.1, 0.15) is 34.8 Å². The number of ether oxygens (including phenoxy) is 1. The van der Waals surface area contributed by atoms with Gasteiger partial charge in [0.25, 0.3) is 5.91 Å². The molecule has 0 aliphatic carbocycles. The number of hydrogen-bond acceptors (Lipinski definition) is 5. The molecule has 1 aliphatic heterocycles. The fourth-order valence-corrected chi connectivity index (χ4v) is 3.35. The van der Waals surface area contributed by atoms with Gasteiger partial charge < -0.3 is 9.64 Å². The van der Waals surface area contributed by atoms with E-state index in [0.717, 1.165) is 30.7 Å². The van der Waals surface area contributed by atoms with E-state index in [-0.39, 0.29) is 11.9 Å². The van der Waals surface area contributed by atoms with Crippen LogP contribution in [0.15, 0.2) is 55.2 Å². The monoisotopic (exact) mass is 349 g/mol. The van der Waals surface area contributed by atoms with Gasteiger partial charge in [0, 0.05) is 18.3 Å². The summed E-state index contributed by atoms with van der Waals surface area (Å²) in [5.74, 6) is 1.40. The summed E-state index contributed by atoms with van der Waals surface area (Å²) < 4.78 is 6.77. The average Bonchev–Trinajstić information content (AvgIpc) is 3.39. The SMILES string of the molecule is COc1ccc([C@@H]2CCCN2C(=O)c2ccnc(-n3cncn3)c2)cc1. The molecule has 0 unspecified atom stereocenters. The highest BCUT2D eigenvalue weighted by atomic mass is 16.5. The number of pyridine rings is 1. The Labute approximate surface area is 151 Å². The van der Waals surface area contributed by atoms with Gasteiger partial charge in [-0.3, -0.25) is 4.79 Å². The minimum absolute atomic E-state index is 0.00656. The van der Waals surface area contributed by atoms with Gasteiger partial charge in [-0.2, -0.15) is 5.10 Å². The molecule has 1 fully saturated rings. The summed E-state index contributed by atoms with van der Waals surface area (Å²) >= 11 is 0. The summed E-state index contributed by atoms with van der Waals surface area (Å²) in [4.78, 5) is 23.2. The highest BCUT2D eigenvalue weighted by Gasteiger charge is 2.30. The third kappa shape index (κ3) is 3.03. The highest BCUT2D eigenvalue weighted by Crippen LogP contribution is 2.34. The number of nitrogens with zero attached hydrogens (tertiary/aromatic N) is 5. The van der Waals surface area contributed by atoms with Gasteiger partial charge in [-0.1, -0.05) is 12.1 Å². The molecule has 0 saturated carbocycles. The Balaban J connectivity index is 1.59. The van der Waals surface area contributed by atoms with Crippen LogP contribution in [0.2, 0.25) is 0 Å². The molecule has 1 aliphatic rings. The molecule has 3 heterocycles. The van der Waals surface area contributed by atoms with Gasteiger partial charge in [-0.15, -0.1) is 0 Å². The molecule has 0 spiro atoms. The summed E-state index contributed by atoms with van der Waals surface area (Å²) in [6.07, 6.45) is 6.58. The van der Waals surface area contributed by atoms with E-state index in [4.69, 9.17) is 4.74 Å². The first-order valence-corrected chi connectivity index (χ1v) is 8.52. The Kier molecular flexibility index (Phi) is 4.35. The van der Waals surface area contributed by atoms with Crippen molar-refractivity contribution in [1.82, 2.24) is 24.6 Å². The largest absolute Gasteiger partial charge is 0.497 e. The third-order valence-electron chi connectivity index (χ3n) is 4.66. The zero-order valence-corrected chi connectivity index (χ0v) is 14.4. The van der Waals surface area contributed by atoms with Crippen molar-refractivity contribution >= 4 is 5.91 Å². The molecule has 0 bridgehead atoms. The summed E-state index contributed by atoms with van der Waals surface area (Å²) in [7, 11) is 1.65. The Hall–Kier alpha value is -3.22. The summed E-state index contributed by atoms with van der Waals surface area (Å²) in [5.41, 5.74) is 1.73. The van der Waals surface area contributed by atoms with E-state index in [1.54, 1.807) is 36.4 Å². The minimum Gasteiger partial charge on any atom is -0.497 e. The van der Waals surface area contributed by atoms with E-state index in [0.29, 0.717) is 11.4 Å². The number of hydrogen-bond donors (Lipinski definition) is 0. The summed E-state index contributed by atoms with van der Waals surface area (Å²) in [5, 5.41) is 4.07. The molecule has 132 valence electrons. The van der Waals surface area contributed by atoms with E-state index in [9.17, 15) is 4.79 Å². The van der Waals surface area contributed by atoms with Crippen LogP contribution in [-0.2, 0) is 0 Å². The van der Waals surface area contributed by atoms with Crippen molar-refractivity contribution < 1.29 is 9.53 Å². The quantitative estimate of drug-likeness (QED) is 0.724. The smallest absolute Gasteiger partial charge is 0.254 e. The van der Waals surface area contributed by atoms with Crippen molar-refractivity contribution in [2.45, 2.75) is 18.9 Å². The number of amides is 1. The third-order valence-corrected chi connectivity index (χ3v) is 4.66. The van der Waals surface area contributed by atoms with Crippen LogP contribution in [0, 0.1) is 0 Å². The van der Waals surface area contributed by atoms with E-state index in [1.807, 2.05) is 29.2 Å². The maximum absolute atomic E-state index is 13.1. The van der Waals surface area contributed by atoms with Crippen molar-refractivity contribution in [2.75, 3.05) is 13.7 Å². The van der Waals surface area contributed by atoms with Gasteiger partial charge in [0.2, 0.25) is 0 Å². The number of benzene rings is 1. The lowest BCUT2D eigenvalue weighted by Crippen LogP contribution is -2.30. The second-order valence-electron chi connectivity index (χ2n) is 6.17. The maximum Gasteiger partial charge on any atom is 0.254 e. The molecule has 0 N–H and O–H groups in total. The molecule has 7 heteroatoms. The van der Waals surface area contributed by atoms with Gasteiger partial charge in [0.1, 0.15) is 18.4 Å². The van der Waals surface area contributed by atoms with E-state index in [1.165, 1.54) is 6.33 Å². The molecule has 1 atom stereocenters. The van der Waals surface area contributed by atoms with Crippen molar-refractivity contribution in [2.24, 2.45) is 0 Å². The molecule has 1 amide bonds. The van der Waals surface area contributed by atoms with Crippen molar-refractivity contribution in [3.8, 4) is 11.6 Å². The molecule has 2 aromatic heterocycles. The zero-order chi connectivity index (χ0) is 17.9. The lowest BCUT2D eigenvalue weighted by atomic mass is 10.0. The number of likely N-dealkylation sites (tertiary alicyclic amines) is 1. The fourth-order valence-electron chi connectivity index (χ4n) is 3.35. The van der Waals surface area contributed by atoms with Crippen LogP contribution in [0.5, 0.6) is 5.75 Å².